The molecular formula is C14H24N2O4. The Morgan fingerprint density at radius 1 is 1.25 bits per heavy atom. The highest BCUT2D eigenvalue weighted by molar-refractivity contribution is 5.83. The van der Waals surface area contributed by atoms with Crippen molar-refractivity contribution in [1.82, 2.24) is 9.80 Å². The molecule has 4 atom stereocenters. The highest BCUT2D eigenvalue weighted by Gasteiger charge is 2.41. The lowest BCUT2D eigenvalue weighted by Gasteiger charge is -2.37. The minimum absolute atomic E-state index is 0.114. The fourth-order valence-electron chi connectivity index (χ4n) is 3.37. The molecule has 1 aliphatic carbocycles. The van der Waals surface area contributed by atoms with Gasteiger partial charge in [-0.25, -0.2) is 9.59 Å². The van der Waals surface area contributed by atoms with Crippen LogP contribution in [0.15, 0.2) is 0 Å². The summed E-state index contributed by atoms with van der Waals surface area (Å²) in [6, 6.07) is -0.993. The van der Waals surface area contributed by atoms with E-state index in [0.29, 0.717) is 5.92 Å². The van der Waals surface area contributed by atoms with E-state index in [2.05, 4.69) is 6.92 Å². The Labute approximate surface area is 119 Å². The summed E-state index contributed by atoms with van der Waals surface area (Å²) in [6.45, 7) is 2.30. The van der Waals surface area contributed by atoms with Crippen LogP contribution in [0, 0.1) is 5.92 Å². The molecule has 0 aromatic rings. The number of amides is 2. The van der Waals surface area contributed by atoms with Crippen LogP contribution in [0.1, 0.15) is 39.0 Å². The van der Waals surface area contributed by atoms with Gasteiger partial charge in [0.25, 0.3) is 0 Å². The molecule has 2 fully saturated rings. The number of carbonyl (C=O) groups excluding carboxylic acids is 1. The average molecular weight is 284 g/mol. The SMILES string of the molecule is CC1CCCC(N(C)C(=O)N2CC(O)C[C@H]2C(=O)O)C1. The highest BCUT2D eigenvalue weighted by atomic mass is 16.4. The standard InChI is InChI=1S/C14H24N2O4/c1-9-4-3-5-10(6-9)15(2)14(20)16-8-11(17)7-12(16)13(18)19/h9-12,17H,3-8H2,1-2H3,(H,18,19)/t9?,10?,11?,12-/m0/s1. The number of carboxylic acids is 1. The number of nitrogens with zero attached hydrogens (tertiary/aromatic N) is 2. The van der Waals surface area contributed by atoms with E-state index in [1.54, 1.807) is 11.9 Å². The van der Waals surface area contributed by atoms with Gasteiger partial charge in [0, 0.05) is 26.1 Å². The zero-order valence-electron chi connectivity index (χ0n) is 12.2. The van der Waals surface area contributed by atoms with Crippen LogP contribution >= 0.6 is 0 Å². The summed E-state index contributed by atoms with van der Waals surface area (Å²) in [5.74, 6) is -0.441. The van der Waals surface area contributed by atoms with Gasteiger partial charge < -0.3 is 20.0 Å². The van der Waals surface area contributed by atoms with E-state index in [4.69, 9.17) is 5.11 Å². The molecule has 0 aromatic carbocycles. The first-order valence-electron chi connectivity index (χ1n) is 7.34. The smallest absolute Gasteiger partial charge is 0.326 e. The molecule has 2 rings (SSSR count). The summed E-state index contributed by atoms with van der Waals surface area (Å²) in [5, 5.41) is 18.8. The number of aliphatic hydroxyl groups excluding tert-OH is 1. The van der Waals surface area contributed by atoms with Crippen LogP contribution in [-0.4, -0.2) is 63.8 Å². The Morgan fingerprint density at radius 2 is 1.95 bits per heavy atom. The van der Waals surface area contributed by atoms with Crippen molar-refractivity contribution in [2.24, 2.45) is 5.92 Å². The molecule has 2 N–H and O–H groups in total. The first-order chi connectivity index (χ1) is 9.40. The monoisotopic (exact) mass is 284 g/mol. The van der Waals surface area contributed by atoms with Gasteiger partial charge in [0.15, 0.2) is 0 Å². The Hall–Kier alpha value is -1.30. The molecule has 2 amide bonds. The van der Waals surface area contributed by atoms with Crippen LogP contribution in [0.2, 0.25) is 0 Å². The molecule has 1 aliphatic heterocycles. The predicted molar refractivity (Wildman–Crippen MR) is 73.3 cm³/mol. The molecule has 0 aromatic heterocycles. The molecule has 20 heavy (non-hydrogen) atoms. The lowest BCUT2D eigenvalue weighted by atomic mass is 9.86. The number of carbonyl (C=O) groups is 2. The van der Waals surface area contributed by atoms with Crippen molar-refractivity contribution in [2.45, 2.75) is 57.2 Å². The number of rotatable bonds is 2. The topological polar surface area (TPSA) is 81.1 Å². The second-order valence-electron chi connectivity index (χ2n) is 6.22. The number of β-amino-alcohol motifs (C(OH)–C–C–N with tert-alkyl or cyclic N) is 1. The molecule has 6 nitrogen and oxygen atoms in total. The van der Waals surface area contributed by atoms with Crippen LogP contribution in [0.4, 0.5) is 4.79 Å². The first kappa shape index (κ1) is 15.1. The Bertz CT molecular complexity index is 387. The van der Waals surface area contributed by atoms with Crippen LogP contribution < -0.4 is 0 Å². The summed E-state index contributed by atoms with van der Waals surface area (Å²) < 4.78 is 0. The van der Waals surface area contributed by atoms with E-state index in [1.165, 1.54) is 11.3 Å². The summed E-state index contributed by atoms with van der Waals surface area (Å²) in [7, 11) is 1.74. The molecule has 1 heterocycles. The zero-order chi connectivity index (χ0) is 14.9. The van der Waals surface area contributed by atoms with E-state index in [0.717, 1.165) is 19.3 Å². The second-order valence-corrected chi connectivity index (χ2v) is 6.22. The van der Waals surface area contributed by atoms with Gasteiger partial charge in [-0.2, -0.15) is 0 Å². The summed E-state index contributed by atoms with van der Waals surface area (Å²) in [5.41, 5.74) is 0. The molecule has 1 saturated carbocycles. The number of hydrogen-bond acceptors (Lipinski definition) is 3. The van der Waals surface area contributed by atoms with Gasteiger partial charge in [-0.3, -0.25) is 0 Å². The lowest BCUT2D eigenvalue weighted by Crippen LogP contribution is -2.50. The van der Waals surface area contributed by atoms with Gasteiger partial charge in [0.1, 0.15) is 6.04 Å². The lowest BCUT2D eigenvalue weighted by molar-refractivity contribution is -0.141. The summed E-state index contributed by atoms with van der Waals surface area (Å²) in [4.78, 5) is 26.6. The van der Waals surface area contributed by atoms with Gasteiger partial charge in [0.05, 0.1) is 6.10 Å². The quantitative estimate of drug-likeness (QED) is 0.796. The van der Waals surface area contributed by atoms with Crippen molar-refractivity contribution in [3.63, 3.8) is 0 Å². The molecule has 6 heteroatoms. The van der Waals surface area contributed by atoms with E-state index < -0.39 is 18.1 Å². The highest BCUT2D eigenvalue weighted by Crippen LogP contribution is 2.28. The molecule has 2 aliphatic rings. The zero-order valence-corrected chi connectivity index (χ0v) is 12.2. The van der Waals surface area contributed by atoms with Gasteiger partial charge in [-0.1, -0.05) is 19.8 Å². The Morgan fingerprint density at radius 3 is 2.55 bits per heavy atom. The molecule has 114 valence electrons. The predicted octanol–water partition coefficient (Wildman–Crippen LogP) is 1.14. The third-order valence-electron chi connectivity index (χ3n) is 4.57. The van der Waals surface area contributed by atoms with E-state index >= 15 is 0 Å². The first-order valence-corrected chi connectivity index (χ1v) is 7.34. The molecule has 1 saturated heterocycles. The van der Waals surface area contributed by atoms with Crippen LogP contribution in [0.3, 0.4) is 0 Å². The molecule has 3 unspecified atom stereocenters. The van der Waals surface area contributed by atoms with Crippen molar-refractivity contribution >= 4 is 12.0 Å². The number of likely N-dealkylation sites (tertiary alicyclic amines) is 1. The van der Waals surface area contributed by atoms with Gasteiger partial charge in [-0.15, -0.1) is 0 Å². The minimum atomic E-state index is -1.04. The van der Waals surface area contributed by atoms with Crippen molar-refractivity contribution < 1.29 is 19.8 Å². The second kappa shape index (κ2) is 5.99. The van der Waals surface area contributed by atoms with E-state index in [1.807, 2.05) is 0 Å². The maximum atomic E-state index is 12.5. The maximum Gasteiger partial charge on any atom is 0.326 e. The Kier molecular flexibility index (Phi) is 4.52. The van der Waals surface area contributed by atoms with Crippen molar-refractivity contribution in [3.05, 3.63) is 0 Å². The van der Waals surface area contributed by atoms with Crippen molar-refractivity contribution in [3.8, 4) is 0 Å². The summed E-state index contributed by atoms with van der Waals surface area (Å²) >= 11 is 0. The summed E-state index contributed by atoms with van der Waals surface area (Å²) in [6.07, 6.45) is 3.62. The van der Waals surface area contributed by atoms with E-state index in [-0.39, 0.29) is 25.0 Å². The number of hydrogen-bond donors (Lipinski definition) is 2. The van der Waals surface area contributed by atoms with Gasteiger partial charge >= 0.3 is 12.0 Å². The van der Waals surface area contributed by atoms with Crippen molar-refractivity contribution in [1.29, 1.82) is 0 Å². The third-order valence-corrected chi connectivity index (χ3v) is 4.57. The molecule has 0 bridgehead atoms. The fourth-order valence-corrected chi connectivity index (χ4v) is 3.37. The van der Waals surface area contributed by atoms with Crippen LogP contribution in [-0.2, 0) is 4.79 Å². The minimum Gasteiger partial charge on any atom is -0.480 e. The van der Waals surface area contributed by atoms with Gasteiger partial charge in [0.2, 0.25) is 0 Å². The van der Waals surface area contributed by atoms with E-state index in [9.17, 15) is 14.7 Å². The molecule has 0 radical (unpaired) electrons. The average Bonchev–Trinajstić information content (AvgIpc) is 2.79. The number of aliphatic hydroxyl groups is 1. The molecular weight excluding hydrogens is 260 g/mol. The van der Waals surface area contributed by atoms with Crippen LogP contribution in [0.25, 0.3) is 0 Å². The Balaban J connectivity index is 2.03. The van der Waals surface area contributed by atoms with Crippen LogP contribution in [0.5, 0.6) is 0 Å². The molecule has 0 spiro atoms. The van der Waals surface area contributed by atoms with Gasteiger partial charge in [-0.05, 0) is 18.8 Å². The number of carboxylic acid groups (broad SMARTS) is 1. The normalized spacial score (nSPS) is 34.0. The fraction of sp³-hybridized carbons (Fsp3) is 0.857. The van der Waals surface area contributed by atoms with Crippen molar-refractivity contribution in [2.75, 3.05) is 13.6 Å². The third kappa shape index (κ3) is 3.06. The number of aliphatic carboxylic acids is 1. The largest absolute Gasteiger partial charge is 0.480 e. The number of urea groups is 1. The maximum absolute atomic E-state index is 12.5.